The monoisotopic (exact) mass is 438 g/mol. The lowest BCUT2D eigenvalue weighted by molar-refractivity contribution is -0.130. The number of piperazine rings is 1. The number of para-hydroxylation sites is 1. The first-order valence-corrected chi connectivity index (χ1v) is 11.9. The fourth-order valence-electron chi connectivity index (χ4n) is 3.02. The third kappa shape index (κ3) is 5.32. The van der Waals surface area contributed by atoms with Crippen LogP contribution in [0.5, 0.6) is 0 Å². The lowest BCUT2D eigenvalue weighted by atomic mass is 10.2. The zero-order chi connectivity index (χ0) is 21.1. The summed E-state index contributed by atoms with van der Waals surface area (Å²) in [6.07, 6.45) is 0. The smallest absolute Gasteiger partial charge is 0.241 e. The van der Waals surface area contributed by atoms with E-state index in [0.717, 1.165) is 11.8 Å². The fourth-order valence-corrected chi connectivity index (χ4v) is 4.68. The minimum Gasteiger partial charge on any atom is -0.368 e. The number of amides is 1. The van der Waals surface area contributed by atoms with Gasteiger partial charge in [-0.2, -0.15) is 0 Å². The molecule has 156 valence electrons. The molecule has 0 bridgehead atoms. The Bertz CT molecular complexity index is 1080. The van der Waals surface area contributed by atoms with Crippen molar-refractivity contribution in [3.8, 4) is 0 Å². The van der Waals surface area contributed by atoms with Crippen molar-refractivity contribution in [2.75, 3.05) is 37.6 Å². The number of nitrogens with two attached hydrogens (primary N) is 1. The average molecular weight is 439 g/mol. The zero-order valence-corrected chi connectivity index (χ0v) is 17.2. The number of rotatable bonds is 6. The molecular formula is C18H22N4O5S2. The molecule has 11 heteroatoms. The van der Waals surface area contributed by atoms with Gasteiger partial charge in [-0.1, -0.05) is 24.3 Å². The van der Waals surface area contributed by atoms with E-state index in [1.807, 2.05) is 30.3 Å². The Hall–Kier alpha value is -2.47. The van der Waals surface area contributed by atoms with Crippen molar-refractivity contribution in [3.05, 3.63) is 54.6 Å². The summed E-state index contributed by atoms with van der Waals surface area (Å²) in [6, 6.07) is 14.5. The number of nitrogens with one attached hydrogen (secondary N) is 1. The molecule has 3 rings (SSSR count). The van der Waals surface area contributed by atoms with Gasteiger partial charge in [-0.25, -0.2) is 26.7 Å². The first-order chi connectivity index (χ1) is 13.7. The topological polar surface area (TPSA) is 130 Å². The molecule has 0 aromatic heterocycles. The number of hydrogen-bond donors (Lipinski definition) is 2. The third-order valence-electron chi connectivity index (χ3n) is 4.61. The molecule has 0 saturated carbocycles. The summed E-state index contributed by atoms with van der Waals surface area (Å²) >= 11 is 0. The van der Waals surface area contributed by atoms with Crippen molar-refractivity contribution in [3.63, 3.8) is 0 Å². The molecule has 9 nitrogen and oxygen atoms in total. The summed E-state index contributed by atoms with van der Waals surface area (Å²) in [5, 5.41) is 5.03. The van der Waals surface area contributed by atoms with Gasteiger partial charge >= 0.3 is 0 Å². The maximum atomic E-state index is 12.4. The number of benzene rings is 2. The highest BCUT2D eigenvalue weighted by Crippen LogP contribution is 2.16. The summed E-state index contributed by atoms with van der Waals surface area (Å²) in [5.74, 6) is -0.344. The van der Waals surface area contributed by atoms with Gasteiger partial charge in [-0.3, -0.25) is 4.79 Å². The summed E-state index contributed by atoms with van der Waals surface area (Å²) in [7, 11) is -8.09. The highest BCUT2D eigenvalue weighted by atomic mass is 32.2. The molecule has 1 amide bonds. The number of sulfonamides is 2. The zero-order valence-electron chi connectivity index (χ0n) is 15.6. The van der Waals surface area contributed by atoms with E-state index in [1.54, 1.807) is 4.90 Å². The summed E-state index contributed by atoms with van der Waals surface area (Å²) < 4.78 is 49.9. The molecule has 2 aromatic rings. The van der Waals surface area contributed by atoms with Crippen LogP contribution in [0.4, 0.5) is 5.69 Å². The lowest BCUT2D eigenvalue weighted by Crippen LogP contribution is -2.51. The Morgan fingerprint density at radius 1 is 0.897 bits per heavy atom. The van der Waals surface area contributed by atoms with E-state index in [1.165, 1.54) is 18.2 Å². The van der Waals surface area contributed by atoms with E-state index >= 15 is 0 Å². The fraction of sp³-hybridized carbons (Fsp3) is 0.278. The molecule has 3 N–H and O–H groups in total. The second-order valence-electron chi connectivity index (χ2n) is 6.55. The van der Waals surface area contributed by atoms with Crippen LogP contribution in [0.2, 0.25) is 0 Å². The van der Waals surface area contributed by atoms with Gasteiger partial charge < -0.3 is 9.80 Å². The standard InChI is InChI=1S/C18H22N4O5S2/c19-28(24,25)16-7-4-8-17(13-16)29(26,27)20-14-18(23)22-11-9-21(10-12-22)15-5-2-1-3-6-15/h1-8,13,20H,9-12,14H2,(H2,19,24,25). The number of carbonyl (C=O) groups excluding carboxylic acids is 1. The molecule has 0 atom stereocenters. The van der Waals surface area contributed by atoms with E-state index in [-0.39, 0.29) is 15.7 Å². The van der Waals surface area contributed by atoms with E-state index < -0.39 is 26.6 Å². The highest BCUT2D eigenvalue weighted by Gasteiger charge is 2.23. The third-order valence-corrected chi connectivity index (χ3v) is 6.92. The molecule has 0 spiro atoms. The first-order valence-electron chi connectivity index (χ1n) is 8.87. The van der Waals surface area contributed by atoms with Crippen LogP contribution >= 0.6 is 0 Å². The second-order valence-corrected chi connectivity index (χ2v) is 9.88. The molecule has 0 radical (unpaired) electrons. The Balaban J connectivity index is 1.58. The van der Waals surface area contributed by atoms with Crippen LogP contribution in [-0.2, 0) is 24.8 Å². The van der Waals surface area contributed by atoms with Crippen molar-refractivity contribution < 1.29 is 21.6 Å². The van der Waals surface area contributed by atoms with Gasteiger partial charge in [0.2, 0.25) is 26.0 Å². The first kappa shape index (κ1) is 21.2. The molecule has 0 aliphatic carbocycles. The molecule has 1 fully saturated rings. The predicted octanol–water partition coefficient (Wildman–Crippen LogP) is -0.0389. The summed E-state index contributed by atoms with van der Waals surface area (Å²) in [4.78, 5) is 15.6. The van der Waals surface area contributed by atoms with Crippen molar-refractivity contribution in [1.29, 1.82) is 0 Å². The maximum Gasteiger partial charge on any atom is 0.241 e. The van der Waals surface area contributed by atoms with Crippen LogP contribution < -0.4 is 14.8 Å². The van der Waals surface area contributed by atoms with Crippen LogP contribution in [0.1, 0.15) is 0 Å². The van der Waals surface area contributed by atoms with E-state index in [4.69, 9.17) is 5.14 Å². The minimum atomic E-state index is -4.06. The number of carbonyl (C=O) groups is 1. The van der Waals surface area contributed by atoms with Gasteiger partial charge in [-0.05, 0) is 30.3 Å². The van der Waals surface area contributed by atoms with Gasteiger partial charge in [0.1, 0.15) is 0 Å². The molecule has 2 aromatic carbocycles. The van der Waals surface area contributed by atoms with Gasteiger partial charge in [0.25, 0.3) is 0 Å². The maximum absolute atomic E-state index is 12.4. The van der Waals surface area contributed by atoms with Crippen molar-refractivity contribution >= 4 is 31.6 Å². The van der Waals surface area contributed by atoms with Crippen LogP contribution in [-0.4, -0.2) is 60.4 Å². The van der Waals surface area contributed by atoms with Crippen molar-refractivity contribution in [1.82, 2.24) is 9.62 Å². The lowest BCUT2D eigenvalue weighted by Gasteiger charge is -2.36. The molecular weight excluding hydrogens is 416 g/mol. The second kappa shape index (κ2) is 8.49. The number of nitrogens with zero attached hydrogens (tertiary/aromatic N) is 2. The number of anilines is 1. The molecule has 0 unspecified atom stereocenters. The largest absolute Gasteiger partial charge is 0.368 e. The van der Waals surface area contributed by atoms with Gasteiger partial charge in [-0.15, -0.1) is 0 Å². The van der Waals surface area contributed by atoms with Gasteiger partial charge in [0.05, 0.1) is 16.3 Å². The van der Waals surface area contributed by atoms with Crippen molar-refractivity contribution in [2.24, 2.45) is 5.14 Å². The summed E-state index contributed by atoms with van der Waals surface area (Å²) in [5.41, 5.74) is 1.08. The van der Waals surface area contributed by atoms with Crippen LogP contribution in [0, 0.1) is 0 Å². The molecule has 1 saturated heterocycles. The highest BCUT2D eigenvalue weighted by molar-refractivity contribution is 7.90. The average Bonchev–Trinajstić information content (AvgIpc) is 2.72. The Morgan fingerprint density at radius 2 is 1.52 bits per heavy atom. The Kier molecular flexibility index (Phi) is 6.22. The van der Waals surface area contributed by atoms with Gasteiger partial charge in [0.15, 0.2) is 0 Å². The number of hydrogen-bond acceptors (Lipinski definition) is 6. The molecule has 1 aliphatic rings. The SMILES string of the molecule is NS(=O)(=O)c1cccc(S(=O)(=O)NCC(=O)N2CCN(c3ccccc3)CC2)c1. The van der Waals surface area contributed by atoms with E-state index in [0.29, 0.717) is 26.2 Å². The van der Waals surface area contributed by atoms with Crippen LogP contribution in [0.25, 0.3) is 0 Å². The number of primary sulfonamides is 1. The van der Waals surface area contributed by atoms with E-state index in [9.17, 15) is 21.6 Å². The minimum absolute atomic E-state index is 0.272. The van der Waals surface area contributed by atoms with E-state index in [2.05, 4.69) is 9.62 Å². The Labute approximate surface area is 170 Å². The van der Waals surface area contributed by atoms with Crippen molar-refractivity contribution in [2.45, 2.75) is 9.79 Å². The quantitative estimate of drug-likeness (QED) is 0.651. The molecule has 1 aliphatic heterocycles. The molecule has 1 heterocycles. The van der Waals surface area contributed by atoms with Crippen LogP contribution in [0.15, 0.2) is 64.4 Å². The predicted molar refractivity (Wildman–Crippen MR) is 108 cm³/mol. The Morgan fingerprint density at radius 3 is 2.14 bits per heavy atom. The molecule has 29 heavy (non-hydrogen) atoms. The van der Waals surface area contributed by atoms with Crippen LogP contribution in [0.3, 0.4) is 0 Å². The summed E-state index contributed by atoms with van der Waals surface area (Å²) in [6.45, 7) is 1.86. The normalized spacial score (nSPS) is 15.3. The van der Waals surface area contributed by atoms with Gasteiger partial charge in [0, 0.05) is 31.9 Å².